The SMILES string of the molecule is CCCN(CC1CC1)c1c(CC)nc(-c2c(C)cc(C)cc2OCCN2CCOCC2)[nH]c1=O. The Hall–Kier alpha value is -2.38. The van der Waals surface area contributed by atoms with Gasteiger partial charge in [0.15, 0.2) is 0 Å². The molecule has 4 rings (SSSR count). The van der Waals surface area contributed by atoms with Crippen LogP contribution in [0.5, 0.6) is 5.75 Å². The van der Waals surface area contributed by atoms with Crippen LogP contribution in [0.15, 0.2) is 16.9 Å². The zero-order valence-electron chi connectivity index (χ0n) is 21.3. The molecule has 34 heavy (non-hydrogen) atoms. The molecule has 7 heteroatoms. The first kappa shape index (κ1) is 24.7. The lowest BCUT2D eigenvalue weighted by molar-refractivity contribution is 0.0323. The minimum Gasteiger partial charge on any atom is -0.491 e. The van der Waals surface area contributed by atoms with E-state index in [9.17, 15) is 4.79 Å². The number of aromatic nitrogens is 2. The molecule has 186 valence electrons. The Morgan fingerprint density at radius 1 is 1.21 bits per heavy atom. The van der Waals surface area contributed by atoms with E-state index in [1.165, 1.54) is 12.8 Å². The number of ether oxygens (including phenoxy) is 2. The van der Waals surface area contributed by atoms with E-state index in [0.29, 0.717) is 18.3 Å². The second-order valence-electron chi connectivity index (χ2n) is 9.71. The molecule has 0 amide bonds. The average Bonchev–Trinajstić information content (AvgIpc) is 3.63. The molecular formula is C27H40N4O3. The molecule has 0 atom stereocenters. The summed E-state index contributed by atoms with van der Waals surface area (Å²) < 4.78 is 11.7. The van der Waals surface area contributed by atoms with Crippen molar-refractivity contribution in [1.82, 2.24) is 14.9 Å². The molecule has 7 nitrogen and oxygen atoms in total. The number of nitrogens with one attached hydrogen (secondary N) is 1. The molecule has 2 fully saturated rings. The van der Waals surface area contributed by atoms with Crippen LogP contribution in [-0.4, -0.2) is 67.4 Å². The number of rotatable bonds is 11. The molecular weight excluding hydrogens is 428 g/mol. The minimum absolute atomic E-state index is 0.0461. The quantitative estimate of drug-likeness (QED) is 0.538. The second-order valence-corrected chi connectivity index (χ2v) is 9.71. The van der Waals surface area contributed by atoms with E-state index in [0.717, 1.165) is 92.6 Å². The first-order valence-corrected chi connectivity index (χ1v) is 12.9. The molecule has 1 aliphatic carbocycles. The fraction of sp³-hybridized carbons (Fsp3) is 0.630. The highest BCUT2D eigenvalue weighted by Gasteiger charge is 2.27. The summed E-state index contributed by atoms with van der Waals surface area (Å²) in [6, 6.07) is 4.18. The van der Waals surface area contributed by atoms with Crippen LogP contribution in [0, 0.1) is 19.8 Å². The van der Waals surface area contributed by atoms with E-state index in [1.54, 1.807) is 0 Å². The molecule has 0 radical (unpaired) electrons. The van der Waals surface area contributed by atoms with Crippen LogP contribution in [0.25, 0.3) is 11.4 Å². The van der Waals surface area contributed by atoms with E-state index in [-0.39, 0.29) is 5.56 Å². The van der Waals surface area contributed by atoms with Gasteiger partial charge < -0.3 is 19.4 Å². The molecule has 1 aromatic heterocycles. The zero-order valence-corrected chi connectivity index (χ0v) is 21.3. The van der Waals surface area contributed by atoms with Gasteiger partial charge in [0.25, 0.3) is 5.56 Å². The van der Waals surface area contributed by atoms with E-state index in [2.05, 4.69) is 54.6 Å². The van der Waals surface area contributed by atoms with Crippen molar-refractivity contribution in [2.24, 2.45) is 5.92 Å². The molecule has 0 unspecified atom stereocenters. The fourth-order valence-electron chi connectivity index (χ4n) is 4.84. The Morgan fingerprint density at radius 3 is 2.65 bits per heavy atom. The smallest absolute Gasteiger partial charge is 0.275 e. The summed E-state index contributed by atoms with van der Waals surface area (Å²) in [7, 11) is 0. The van der Waals surface area contributed by atoms with Crippen molar-refractivity contribution in [1.29, 1.82) is 0 Å². The third kappa shape index (κ3) is 5.99. The standard InChI is InChI=1S/C27H40N4O3/c1-5-9-31(18-21-7-8-21)25-22(6-2)28-26(29-27(25)32)24-20(4)16-19(3)17-23(24)34-15-12-30-10-13-33-14-11-30/h16-17,21H,5-15,18H2,1-4H3,(H,28,29,32). The molecule has 0 spiro atoms. The molecule has 2 aromatic rings. The van der Waals surface area contributed by atoms with Gasteiger partial charge in [-0.05, 0) is 62.6 Å². The monoisotopic (exact) mass is 468 g/mol. The highest BCUT2D eigenvalue weighted by molar-refractivity contribution is 5.70. The van der Waals surface area contributed by atoms with Crippen molar-refractivity contribution in [3.63, 3.8) is 0 Å². The zero-order chi connectivity index (χ0) is 24.1. The number of morpholine rings is 1. The van der Waals surface area contributed by atoms with Crippen molar-refractivity contribution in [3.8, 4) is 17.1 Å². The van der Waals surface area contributed by atoms with Gasteiger partial charge in [-0.25, -0.2) is 4.98 Å². The molecule has 1 N–H and O–H groups in total. The van der Waals surface area contributed by atoms with E-state index in [1.807, 2.05) is 0 Å². The molecule has 1 saturated carbocycles. The first-order chi connectivity index (χ1) is 16.5. The van der Waals surface area contributed by atoms with Crippen LogP contribution < -0.4 is 15.2 Å². The van der Waals surface area contributed by atoms with Gasteiger partial charge in [0.05, 0.1) is 24.5 Å². The Kier molecular flexibility index (Phi) is 8.27. The predicted molar refractivity (Wildman–Crippen MR) is 137 cm³/mol. The summed E-state index contributed by atoms with van der Waals surface area (Å²) in [5, 5.41) is 0. The second kappa shape index (κ2) is 11.4. The van der Waals surface area contributed by atoms with Crippen LogP contribution in [0.4, 0.5) is 5.69 Å². The maximum atomic E-state index is 13.4. The first-order valence-electron chi connectivity index (χ1n) is 12.9. The molecule has 2 heterocycles. The Bertz CT molecular complexity index is 1030. The fourth-order valence-corrected chi connectivity index (χ4v) is 4.84. The minimum atomic E-state index is -0.0461. The number of benzene rings is 1. The summed E-state index contributed by atoms with van der Waals surface area (Å²) >= 11 is 0. The van der Waals surface area contributed by atoms with Crippen molar-refractivity contribution in [2.45, 2.75) is 53.4 Å². The Balaban J connectivity index is 1.63. The molecule has 1 aliphatic heterocycles. The summed E-state index contributed by atoms with van der Waals surface area (Å²) in [4.78, 5) is 26.2. The van der Waals surface area contributed by atoms with Gasteiger partial charge in [-0.2, -0.15) is 0 Å². The summed E-state index contributed by atoms with van der Waals surface area (Å²) in [5.41, 5.74) is 4.65. The van der Waals surface area contributed by atoms with Gasteiger partial charge >= 0.3 is 0 Å². The number of nitrogens with zero attached hydrogens (tertiary/aromatic N) is 3. The topological polar surface area (TPSA) is 70.7 Å². The highest BCUT2D eigenvalue weighted by Crippen LogP contribution is 2.34. The third-order valence-electron chi connectivity index (χ3n) is 6.74. The van der Waals surface area contributed by atoms with Crippen molar-refractivity contribution in [2.75, 3.05) is 57.4 Å². The van der Waals surface area contributed by atoms with Gasteiger partial charge in [0, 0.05) is 32.7 Å². The van der Waals surface area contributed by atoms with Crippen LogP contribution >= 0.6 is 0 Å². The maximum Gasteiger partial charge on any atom is 0.275 e. The van der Waals surface area contributed by atoms with E-state index >= 15 is 0 Å². The van der Waals surface area contributed by atoms with Gasteiger partial charge in [-0.15, -0.1) is 0 Å². The predicted octanol–water partition coefficient (Wildman–Crippen LogP) is 3.95. The molecule has 1 saturated heterocycles. The van der Waals surface area contributed by atoms with Crippen molar-refractivity contribution in [3.05, 3.63) is 39.3 Å². The van der Waals surface area contributed by atoms with E-state index in [4.69, 9.17) is 14.5 Å². The number of hydrogen-bond donors (Lipinski definition) is 1. The Morgan fingerprint density at radius 2 is 1.97 bits per heavy atom. The number of hydrogen-bond acceptors (Lipinski definition) is 6. The number of aromatic amines is 1. The van der Waals surface area contributed by atoms with Gasteiger partial charge in [-0.1, -0.05) is 19.9 Å². The lowest BCUT2D eigenvalue weighted by atomic mass is 10.0. The van der Waals surface area contributed by atoms with Gasteiger partial charge in [0.2, 0.25) is 0 Å². The summed E-state index contributed by atoms with van der Waals surface area (Å²) in [6.07, 6.45) is 4.25. The van der Waals surface area contributed by atoms with Crippen molar-refractivity contribution < 1.29 is 9.47 Å². The Labute approximate surface area is 203 Å². The third-order valence-corrected chi connectivity index (χ3v) is 6.74. The largest absolute Gasteiger partial charge is 0.491 e. The van der Waals surface area contributed by atoms with Crippen LogP contribution in [-0.2, 0) is 11.2 Å². The lowest BCUT2D eigenvalue weighted by Gasteiger charge is -2.27. The summed E-state index contributed by atoms with van der Waals surface area (Å²) in [6.45, 7) is 15.1. The molecule has 0 bridgehead atoms. The number of aryl methyl sites for hydroxylation is 3. The van der Waals surface area contributed by atoms with Gasteiger partial charge in [-0.3, -0.25) is 9.69 Å². The maximum absolute atomic E-state index is 13.4. The number of anilines is 1. The van der Waals surface area contributed by atoms with Crippen LogP contribution in [0.3, 0.4) is 0 Å². The van der Waals surface area contributed by atoms with Crippen LogP contribution in [0.2, 0.25) is 0 Å². The molecule has 1 aromatic carbocycles. The summed E-state index contributed by atoms with van der Waals surface area (Å²) in [5.74, 6) is 2.10. The lowest BCUT2D eigenvalue weighted by Crippen LogP contribution is -2.38. The van der Waals surface area contributed by atoms with Crippen molar-refractivity contribution >= 4 is 5.69 Å². The average molecular weight is 469 g/mol. The normalized spacial score (nSPS) is 16.6. The molecule has 2 aliphatic rings. The van der Waals surface area contributed by atoms with E-state index < -0.39 is 0 Å². The highest BCUT2D eigenvalue weighted by atomic mass is 16.5. The number of H-pyrrole nitrogens is 1. The van der Waals surface area contributed by atoms with Gasteiger partial charge in [0.1, 0.15) is 23.9 Å². The van der Waals surface area contributed by atoms with Crippen LogP contribution in [0.1, 0.15) is 49.9 Å².